The molecule has 0 heterocycles. The van der Waals surface area contributed by atoms with Gasteiger partial charge in [0.25, 0.3) is 0 Å². The molecule has 2 heteroatoms. The molecule has 0 spiro atoms. The van der Waals surface area contributed by atoms with E-state index >= 15 is 0 Å². The summed E-state index contributed by atoms with van der Waals surface area (Å²) in [4.78, 5) is 10.6. The highest BCUT2D eigenvalue weighted by molar-refractivity contribution is 6.22. The summed E-state index contributed by atoms with van der Waals surface area (Å²) in [5, 5.41) is -0.112. The Morgan fingerprint density at radius 2 is 2.17 bits per heavy atom. The summed E-state index contributed by atoms with van der Waals surface area (Å²) in [7, 11) is 0. The zero-order valence-corrected chi connectivity index (χ0v) is 7.29. The van der Waals surface area contributed by atoms with Crippen LogP contribution in [-0.2, 0) is 11.2 Å². The van der Waals surface area contributed by atoms with Crippen molar-refractivity contribution in [1.29, 1.82) is 0 Å². The van der Waals surface area contributed by atoms with Crippen LogP contribution < -0.4 is 0 Å². The second kappa shape index (κ2) is 2.91. The quantitative estimate of drug-likeness (QED) is 0.479. The van der Waals surface area contributed by atoms with E-state index in [-0.39, 0.29) is 11.3 Å². The van der Waals surface area contributed by atoms with Crippen LogP contribution in [0.25, 0.3) is 0 Å². The van der Waals surface area contributed by atoms with Crippen LogP contribution in [0.4, 0.5) is 0 Å². The van der Waals surface area contributed by atoms with Gasteiger partial charge < -0.3 is 4.79 Å². The van der Waals surface area contributed by atoms with Crippen LogP contribution in [0.3, 0.4) is 0 Å². The van der Waals surface area contributed by atoms with E-state index in [1.807, 2.05) is 24.3 Å². The Morgan fingerprint density at radius 3 is 2.83 bits per heavy atom. The van der Waals surface area contributed by atoms with E-state index in [1.54, 1.807) is 0 Å². The molecule has 2 atom stereocenters. The van der Waals surface area contributed by atoms with Crippen molar-refractivity contribution in [3.05, 3.63) is 35.4 Å². The Balaban J connectivity index is 2.41. The number of hydrogen-bond acceptors (Lipinski definition) is 1. The fourth-order valence-corrected chi connectivity index (χ4v) is 2.06. The first-order valence-electron chi connectivity index (χ1n) is 4.00. The number of carbonyl (C=O) groups is 1. The van der Waals surface area contributed by atoms with Gasteiger partial charge in [0.2, 0.25) is 0 Å². The van der Waals surface area contributed by atoms with E-state index in [0.29, 0.717) is 0 Å². The molecule has 2 unspecified atom stereocenters. The largest absolute Gasteiger partial charge is 0.303 e. The van der Waals surface area contributed by atoms with Gasteiger partial charge in [-0.15, -0.1) is 11.6 Å². The zero-order valence-electron chi connectivity index (χ0n) is 6.53. The summed E-state index contributed by atoms with van der Waals surface area (Å²) in [6.07, 6.45) is 1.76. The molecule has 1 aliphatic rings. The van der Waals surface area contributed by atoms with Crippen LogP contribution in [0.5, 0.6) is 0 Å². The van der Waals surface area contributed by atoms with Crippen molar-refractivity contribution in [2.24, 2.45) is 5.92 Å². The lowest BCUT2D eigenvalue weighted by Crippen LogP contribution is -2.02. The van der Waals surface area contributed by atoms with Gasteiger partial charge >= 0.3 is 0 Å². The molecule has 0 amide bonds. The minimum Gasteiger partial charge on any atom is -0.303 e. The Morgan fingerprint density at radius 1 is 1.42 bits per heavy atom. The molecule has 0 aliphatic heterocycles. The number of halogens is 1. The minimum absolute atomic E-state index is 0.0240. The Hall–Kier alpha value is -0.820. The van der Waals surface area contributed by atoms with Crippen LogP contribution in [0.2, 0.25) is 0 Å². The lowest BCUT2D eigenvalue weighted by atomic mass is 10.1. The van der Waals surface area contributed by atoms with Crippen LogP contribution in [0.1, 0.15) is 16.5 Å². The molecule has 1 aromatic carbocycles. The third kappa shape index (κ3) is 1.05. The molecule has 1 nitrogen and oxygen atoms in total. The zero-order chi connectivity index (χ0) is 8.55. The lowest BCUT2D eigenvalue weighted by Gasteiger charge is -2.04. The molecule has 0 N–H and O–H groups in total. The molecule has 1 aliphatic carbocycles. The summed E-state index contributed by atoms with van der Waals surface area (Å²) in [5.41, 5.74) is 2.34. The van der Waals surface area contributed by atoms with Crippen molar-refractivity contribution in [2.75, 3.05) is 0 Å². The lowest BCUT2D eigenvalue weighted by molar-refractivity contribution is -0.110. The van der Waals surface area contributed by atoms with Gasteiger partial charge in [-0.25, -0.2) is 0 Å². The maximum atomic E-state index is 10.6. The topological polar surface area (TPSA) is 17.1 Å². The molecule has 0 bridgehead atoms. The van der Waals surface area contributed by atoms with Gasteiger partial charge in [-0.3, -0.25) is 0 Å². The van der Waals surface area contributed by atoms with E-state index < -0.39 is 0 Å². The van der Waals surface area contributed by atoms with E-state index in [0.717, 1.165) is 18.3 Å². The standard InChI is InChI=1S/C10H9ClO/c11-10-8(6-12)5-7-3-1-2-4-9(7)10/h1-4,6,8,10H,5H2. The van der Waals surface area contributed by atoms with Crippen molar-refractivity contribution < 1.29 is 4.79 Å². The highest BCUT2D eigenvalue weighted by atomic mass is 35.5. The molecule has 62 valence electrons. The van der Waals surface area contributed by atoms with E-state index in [4.69, 9.17) is 11.6 Å². The van der Waals surface area contributed by atoms with Gasteiger partial charge in [0.15, 0.2) is 0 Å². The van der Waals surface area contributed by atoms with Gasteiger partial charge in [0.1, 0.15) is 6.29 Å². The predicted octanol–water partition coefficient (Wildman–Crippen LogP) is 2.34. The summed E-state index contributed by atoms with van der Waals surface area (Å²) < 4.78 is 0. The summed E-state index contributed by atoms with van der Waals surface area (Å²) in [6.45, 7) is 0. The van der Waals surface area contributed by atoms with Gasteiger partial charge in [-0.1, -0.05) is 24.3 Å². The predicted molar refractivity (Wildman–Crippen MR) is 48.3 cm³/mol. The molecular formula is C10H9ClO. The molecular weight excluding hydrogens is 172 g/mol. The first kappa shape index (κ1) is 7.81. The molecule has 0 aromatic heterocycles. The number of hydrogen-bond donors (Lipinski definition) is 0. The molecule has 0 saturated heterocycles. The summed E-state index contributed by atoms with van der Waals surface area (Å²) >= 11 is 6.08. The summed E-state index contributed by atoms with van der Waals surface area (Å²) in [5.74, 6) is -0.0240. The fourth-order valence-electron chi connectivity index (χ4n) is 1.69. The smallest absolute Gasteiger partial charge is 0.125 e. The second-order valence-electron chi connectivity index (χ2n) is 3.10. The number of alkyl halides is 1. The van der Waals surface area contributed by atoms with Gasteiger partial charge in [0.05, 0.1) is 5.38 Å². The molecule has 2 rings (SSSR count). The number of benzene rings is 1. The van der Waals surface area contributed by atoms with E-state index in [9.17, 15) is 4.79 Å². The molecule has 0 saturated carbocycles. The van der Waals surface area contributed by atoms with Crippen molar-refractivity contribution >= 4 is 17.9 Å². The second-order valence-corrected chi connectivity index (χ2v) is 3.57. The number of carbonyl (C=O) groups excluding carboxylic acids is 1. The molecule has 1 aromatic rings. The number of aldehydes is 1. The highest BCUT2D eigenvalue weighted by Gasteiger charge is 2.29. The molecule has 12 heavy (non-hydrogen) atoms. The van der Waals surface area contributed by atoms with Crippen LogP contribution in [0, 0.1) is 5.92 Å². The third-order valence-corrected chi connectivity index (χ3v) is 2.92. The van der Waals surface area contributed by atoms with Gasteiger partial charge in [-0.2, -0.15) is 0 Å². The van der Waals surface area contributed by atoms with Crippen LogP contribution in [-0.4, -0.2) is 6.29 Å². The first-order chi connectivity index (χ1) is 5.83. The number of rotatable bonds is 1. The van der Waals surface area contributed by atoms with Gasteiger partial charge in [0, 0.05) is 5.92 Å². The maximum absolute atomic E-state index is 10.6. The normalized spacial score (nSPS) is 26.8. The van der Waals surface area contributed by atoms with Crippen LogP contribution >= 0.6 is 11.6 Å². The van der Waals surface area contributed by atoms with E-state index in [1.165, 1.54) is 5.56 Å². The average molecular weight is 181 g/mol. The minimum atomic E-state index is -0.112. The third-order valence-electron chi connectivity index (χ3n) is 2.36. The van der Waals surface area contributed by atoms with Crippen molar-refractivity contribution in [3.63, 3.8) is 0 Å². The Labute approximate surface area is 76.4 Å². The molecule has 0 radical (unpaired) electrons. The molecule has 0 fully saturated rings. The fraction of sp³-hybridized carbons (Fsp3) is 0.300. The Bertz CT molecular complexity index is 308. The monoisotopic (exact) mass is 180 g/mol. The SMILES string of the molecule is O=CC1Cc2ccccc2C1Cl. The van der Waals surface area contributed by atoms with Crippen LogP contribution in [0.15, 0.2) is 24.3 Å². The van der Waals surface area contributed by atoms with Crippen molar-refractivity contribution in [3.8, 4) is 0 Å². The number of fused-ring (bicyclic) bond motifs is 1. The Kier molecular flexibility index (Phi) is 1.89. The summed E-state index contributed by atoms with van der Waals surface area (Å²) in [6, 6.07) is 7.97. The maximum Gasteiger partial charge on any atom is 0.125 e. The van der Waals surface area contributed by atoms with E-state index in [2.05, 4.69) is 0 Å². The average Bonchev–Trinajstić information content (AvgIpc) is 2.44. The van der Waals surface area contributed by atoms with Crippen molar-refractivity contribution in [2.45, 2.75) is 11.8 Å². The highest BCUT2D eigenvalue weighted by Crippen LogP contribution is 2.39. The van der Waals surface area contributed by atoms with Crippen molar-refractivity contribution in [1.82, 2.24) is 0 Å². The van der Waals surface area contributed by atoms with Gasteiger partial charge in [-0.05, 0) is 17.5 Å². The first-order valence-corrected chi connectivity index (χ1v) is 4.43.